The molecule has 3 aromatic heterocycles. The molecule has 7 heteroatoms. The zero-order valence-corrected chi connectivity index (χ0v) is 15.7. The topological polar surface area (TPSA) is 63.9 Å². The zero-order chi connectivity index (χ0) is 18.1. The number of hydrogen-bond acceptors (Lipinski definition) is 5. The Morgan fingerprint density at radius 3 is 2.96 bits per heavy atom. The number of nitrogens with zero attached hydrogens (tertiary/aromatic N) is 5. The SMILES string of the molecule is Cc1nc(-c2nccn2C)cc([C@H]2CCCN(C(=O)c3cccs3)C2)n1. The molecule has 0 radical (unpaired) electrons. The summed E-state index contributed by atoms with van der Waals surface area (Å²) in [5.74, 6) is 1.93. The second-order valence-electron chi connectivity index (χ2n) is 6.65. The summed E-state index contributed by atoms with van der Waals surface area (Å²) in [5, 5.41) is 1.95. The number of amides is 1. The highest BCUT2D eigenvalue weighted by molar-refractivity contribution is 7.12. The first kappa shape index (κ1) is 16.9. The van der Waals surface area contributed by atoms with Crippen molar-refractivity contribution in [2.24, 2.45) is 7.05 Å². The standard InChI is InChI=1S/C19H21N5OS/c1-13-21-15(11-16(22-13)18-20-7-9-23(18)2)14-5-3-8-24(12-14)19(25)17-6-4-10-26-17/h4,6-7,9-11,14H,3,5,8,12H2,1-2H3/t14-/m0/s1. The lowest BCUT2D eigenvalue weighted by Gasteiger charge is -2.32. The molecule has 1 aliphatic heterocycles. The molecular weight excluding hydrogens is 346 g/mol. The van der Waals surface area contributed by atoms with E-state index in [4.69, 9.17) is 0 Å². The van der Waals surface area contributed by atoms with Crippen molar-refractivity contribution in [3.05, 3.63) is 52.4 Å². The van der Waals surface area contributed by atoms with Crippen molar-refractivity contribution in [1.82, 2.24) is 24.4 Å². The summed E-state index contributed by atoms with van der Waals surface area (Å²) < 4.78 is 1.96. The van der Waals surface area contributed by atoms with Gasteiger partial charge < -0.3 is 9.47 Å². The van der Waals surface area contributed by atoms with E-state index in [-0.39, 0.29) is 11.8 Å². The summed E-state index contributed by atoms with van der Waals surface area (Å²) in [6.45, 7) is 3.42. The Labute approximate surface area is 156 Å². The molecule has 1 fully saturated rings. The first-order valence-electron chi connectivity index (χ1n) is 8.78. The van der Waals surface area contributed by atoms with Gasteiger partial charge in [-0.3, -0.25) is 4.79 Å². The monoisotopic (exact) mass is 367 g/mol. The predicted octanol–water partition coefficient (Wildman–Crippen LogP) is 3.27. The number of likely N-dealkylation sites (tertiary alicyclic amines) is 1. The van der Waals surface area contributed by atoms with Gasteiger partial charge in [-0.25, -0.2) is 15.0 Å². The largest absolute Gasteiger partial charge is 0.337 e. The molecule has 0 bridgehead atoms. The van der Waals surface area contributed by atoms with Crippen LogP contribution in [-0.4, -0.2) is 43.4 Å². The molecule has 0 spiro atoms. The molecule has 1 atom stereocenters. The number of rotatable bonds is 3. The summed E-state index contributed by atoms with van der Waals surface area (Å²) in [6.07, 6.45) is 5.70. The second kappa shape index (κ2) is 6.99. The lowest BCUT2D eigenvalue weighted by atomic mass is 9.94. The van der Waals surface area contributed by atoms with Crippen LogP contribution in [0.15, 0.2) is 36.0 Å². The molecule has 0 saturated carbocycles. The van der Waals surface area contributed by atoms with E-state index in [2.05, 4.69) is 15.0 Å². The van der Waals surface area contributed by atoms with E-state index < -0.39 is 0 Å². The minimum atomic E-state index is 0.125. The van der Waals surface area contributed by atoms with Crippen molar-refractivity contribution in [2.45, 2.75) is 25.7 Å². The van der Waals surface area contributed by atoms with Crippen molar-refractivity contribution in [3.63, 3.8) is 0 Å². The average molecular weight is 367 g/mol. The highest BCUT2D eigenvalue weighted by Gasteiger charge is 2.27. The maximum Gasteiger partial charge on any atom is 0.263 e. The highest BCUT2D eigenvalue weighted by Crippen LogP contribution is 2.29. The molecule has 3 aromatic rings. The minimum Gasteiger partial charge on any atom is -0.337 e. The maximum atomic E-state index is 12.7. The fraction of sp³-hybridized carbons (Fsp3) is 0.368. The van der Waals surface area contributed by atoms with Gasteiger partial charge in [-0.15, -0.1) is 11.3 Å². The molecule has 4 rings (SSSR count). The number of carbonyl (C=O) groups is 1. The van der Waals surface area contributed by atoms with E-state index in [0.29, 0.717) is 6.54 Å². The summed E-state index contributed by atoms with van der Waals surface area (Å²) in [6, 6.07) is 5.84. The van der Waals surface area contributed by atoms with Gasteiger partial charge >= 0.3 is 0 Å². The van der Waals surface area contributed by atoms with Crippen LogP contribution in [0.2, 0.25) is 0 Å². The maximum absolute atomic E-state index is 12.7. The van der Waals surface area contributed by atoms with Gasteiger partial charge in [-0.1, -0.05) is 6.07 Å². The molecule has 1 saturated heterocycles. The summed E-state index contributed by atoms with van der Waals surface area (Å²) in [7, 11) is 1.96. The number of carbonyl (C=O) groups excluding carboxylic acids is 1. The normalized spacial score (nSPS) is 17.5. The smallest absolute Gasteiger partial charge is 0.263 e. The third-order valence-corrected chi connectivity index (χ3v) is 5.62. The number of aromatic nitrogens is 4. The number of imidazole rings is 1. The quantitative estimate of drug-likeness (QED) is 0.713. The van der Waals surface area contributed by atoms with E-state index in [1.54, 1.807) is 6.20 Å². The third-order valence-electron chi connectivity index (χ3n) is 4.77. The minimum absolute atomic E-state index is 0.125. The van der Waals surface area contributed by atoms with Crippen molar-refractivity contribution in [2.75, 3.05) is 13.1 Å². The van der Waals surface area contributed by atoms with Crippen LogP contribution in [0.4, 0.5) is 0 Å². The van der Waals surface area contributed by atoms with Gasteiger partial charge in [0.25, 0.3) is 5.91 Å². The molecular formula is C19H21N5OS. The molecule has 0 aromatic carbocycles. The number of aryl methyl sites for hydroxylation is 2. The van der Waals surface area contributed by atoms with Gasteiger partial charge in [0.2, 0.25) is 0 Å². The van der Waals surface area contributed by atoms with Crippen LogP contribution in [0.5, 0.6) is 0 Å². The van der Waals surface area contributed by atoms with Crippen molar-refractivity contribution < 1.29 is 4.79 Å². The number of piperidine rings is 1. The summed E-state index contributed by atoms with van der Waals surface area (Å²) in [4.78, 5) is 29.1. The van der Waals surface area contributed by atoms with Crippen molar-refractivity contribution >= 4 is 17.2 Å². The van der Waals surface area contributed by atoms with Gasteiger partial charge in [0, 0.05) is 44.1 Å². The Hall–Kier alpha value is -2.54. The Bertz CT molecular complexity index is 918. The van der Waals surface area contributed by atoms with Crippen LogP contribution in [0.1, 0.15) is 39.9 Å². The number of thiophene rings is 1. The molecule has 4 heterocycles. The van der Waals surface area contributed by atoms with Gasteiger partial charge in [0.1, 0.15) is 11.5 Å². The Kier molecular flexibility index (Phi) is 4.55. The van der Waals surface area contributed by atoms with Crippen LogP contribution in [-0.2, 0) is 7.05 Å². The Morgan fingerprint density at radius 1 is 1.35 bits per heavy atom. The van der Waals surface area contributed by atoms with E-state index in [9.17, 15) is 4.79 Å². The van der Waals surface area contributed by atoms with Gasteiger partial charge in [0.05, 0.1) is 4.88 Å². The highest BCUT2D eigenvalue weighted by atomic mass is 32.1. The van der Waals surface area contributed by atoms with Crippen LogP contribution in [0.25, 0.3) is 11.5 Å². The average Bonchev–Trinajstić information content (AvgIpc) is 3.32. The van der Waals surface area contributed by atoms with Crippen LogP contribution < -0.4 is 0 Å². The van der Waals surface area contributed by atoms with Crippen LogP contribution >= 0.6 is 11.3 Å². The summed E-state index contributed by atoms with van der Waals surface area (Å²) in [5.41, 5.74) is 1.83. The molecule has 0 N–H and O–H groups in total. The van der Waals surface area contributed by atoms with Gasteiger partial charge in [0.15, 0.2) is 5.82 Å². The second-order valence-corrected chi connectivity index (χ2v) is 7.60. The van der Waals surface area contributed by atoms with Gasteiger partial charge in [-0.05, 0) is 37.3 Å². The van der Waals surface area contributed by atoms with E-state index in [1.165, 1.54) is 11.3 Å². The zero-order valence-electron chi connectivity index (χ0n) is 14.9. The predicted molar refractivity (Wildman–Crippen MR) is 101 cm³/mol. The fourth-order valence-electron chi connectivity index (χ4n) is 3.49. The summed E-state index contributed by atoms with van der Waals surface area (Å²) >= 11 is 1.50. The lowest BCUT2D eigenvalue weighted by molar-refractivity contribution is 0.0711. The van der Waals surface area contributed by atoms with E-state index >= 15 is 0 Å². The molecule has 0 unspecified atom stereocenters. The Balaban J connectivity index is 1.60. The first-order valence-corrected chi connectivity index (χ1v) is 9.66. The molecule has 0 aliphatic carbocycles. The molecule has 26 heavy (non-hydrogen) atoms. The van der Waals surface area contributed by atoms with Crippen LogP contribution in [0.3, 0.4) is 0 Å². The van der Waals surface area contributed by atoms with Crippen molar-refractivity contribution in [3.8, 4) is 11.5 Å². The Morgan fingerprint density at radius 2 is 2.23 bits per heavy atom. The van der Waals surface area contributed by atoms with Crippen LogP contribution in [0, 0.1) is 6.92 Å². The third kappa shape index (κ3) is 3.26. The molecule has 1 amide bonds. The number of hydrogen-bond donors (Lipinski definition) is 0. The first-order chi connectivity index (χ1) is 12.6. The molecule has 134 valence electrons. The lowest BCUT2D eigenvalue weighted by Crippen LogP contribution is -2.39. The van der Waals surface area contributed by atoms with E-state index in [0.717, 1.165) is 47.3 Å². The molecule has 6 nitrogen and oxygen atoms in total. The fourth-order valence-corrected chi connectivity index (χ4v) is 4.18. The van der Waals surface area contributed by atoms with Gasteiger partial charge in [-0.2, -0.15) is 0 Å². The molecule has 1 aliphatic rings. The van der Waals surface area contributed by atoms with E-state index in [1.807, 2.05) is 53.2 Å². The van der Waals surface area contributed by atoms with Crippen molar-refractivity contribution in [1.29, 1.82) is 0 Å².